The number of halogens is 1. The maximum atomic E-state index is 13.4. The minimum absolute atomic E-state index is 0.0206. The van der Waals surface area contributed by atoms with Crippen LogP contribution in [0.25, 0.3) is 21.9 Å². The summed E-state index contributed by atoms with van der Waals surface area (Å²) in [5, 5.41) is 20.2. The number of carboxylic acids is 2. The van der Waals surface area contributed by atoms with Crippen molar-refractivity contribution in [1.29, 1.82) is 0 Å². The van der Waals surface area contributed by atoms with Crippen LogP contribution < -0.4 is 5.56 Å². The Hall–Kier alpha value is -3.95. The standard InChI is InChI=1S/C25H18ClNO7S/c1-35(33,34)18-9-2-14(3-10-18)13-27-22(25(31)32)21(15-4-6-16(7-5-15)24(29)30)20-12-17(26)8-11-19(20)23(27)28/h2-12H,13H2,1H3,(H,29,30)(H,31,32). The van der Waals surface area contributed by atoms with Gasteiger partial charge in [-0.05, 0) is 59.0 Å². The molecule has 1 heterocycles. The van der Waals surface area contributed by atoms with E-state index in [9.17, 15) is 33.0 Å². The topological polar surface area (TPSA) is 131 Å². The van der Waals surface area contributed by atoms with Gasteiger partial charge in [-0.15, -0.1) is 0 Å². The molecule has 0 saturated heterocycles. The smallest absolute Gasteiger partial charge is 0.353 e. The van der Waals surface area contributed by atoms with E-state index in [1.165, 1.54) is 66.7 Å². The van der Waals surface area contributed by atoms with Crippen LogP contribution in [-0.2, 0) is 16.4 Å². The van der Waals surface area contributed by atoms with Gasteiger partial charge in [-0.3, -0.25) is 9.36 Å². The number of aromatic nitrogens is 1. The molecule has 2 N–H and O–H groups in total. The quantitative estimate of drug-likeness (QED) is 0.397. The zero-order valence-corrected chi connectivity index (χ0v) is 19.8. The number of benzene rings is 3. The van der Waals surface area contributed by atoms with Crippen molar-refractivity contribution in [2.45, 2.75) is 11.4 Å². The first kappa shape index (κ1) is 24.2. The predicted octanol–water partition coefficient (Wildman–Crippen LogP) is 4.17. The van der Waals surface area contributed by atoms with Crippen molar-refractivity contribution < 1.29 is 28.2 Å². The first-order valence-corrected chi connectivity index (χ1v) is 12.5. The van der Waals surface area contributed by atoms with E-state index in [4.69, 9.17) is 11.6 Å². The summed E-state index contributed by atoms with van der Waals surface area (Å²) in [6, 6.07) is 16.0. The SMILES string of the molecule is CS(=O)(=O)c1ccc(Cn2c(C(=O)O)c(-c3ccc(C(=O)O)cc3)c3cc(Cl)ccc3c2=O)cc1. The lowest BCUT2D eigenvalue weighted by atomic mass is 9.95. The Balaban J connectivity index is 2.01. The van der Waals surface area contributed by atoms with Crippen LogP contribution >= 0.6 is 11.6 Å². The van der Waals surface area contributed by atoms with E-state index in [1.54, 1.807) is 0 Å². The molecule has 0 aliphatic heterocycles. The van der Waals surface area contributed by atoms with Gasteiger partial charge in [0, 0.05) is 22.2 Å². The molecule has 0 aliphatic carbocycles. The van der Waals surface area contributed by atoms with Crippen LogP contribution in [0.15, 0.2) is 76.4 Å². The molecule has 0 aliphatic rings. The van der Waals surface area contributed by atoms with Gasteiger partial charge in [0.05, 0.1) is 17.0 Å². The second-order valence-electron chi connectivity index (χ2n) is 7.91. The molecule has 0 unspecified atom stereocenters. The summed E-state index contributed by atoms with van der Waals surface area (Å²) in [5.74, 6) is -2.50. The summed E-state index contributed by atoms with van der Waals surface area (Å²) in [5.41, 5.74) is 0.266. The zero-order valence-electron chi connectivity index (χ0n) is 18.2. The highest BCUT2D eigenvalue weighted by molar-refractivity contribution is 7.90. The molecule has 0 amide bonds. The third-order valence-electron chi connectivity index (χ3n) is 5.55. The van der Waals surface area contributed by atoms with Gasteiger partial charge < -0.3 is 10.2 Å². The molecule has 0 spiro atoms. The van der Waals surface area contributed by atoms with Crippen LogP contribution in [0.4, 0.5) is 0 Å². The average molecular weight is 512 g/mol. The van der Waals surface area contributed by atoms with E-state index in [0.29, 0.717) is 21.5 Å². The summed E-state index contributed by atoms with van der Waals surface area (Å²) < 4.78 is 24.6. The van der Waals surface area contributed by atoms with Crippen LogP contribution in [0.2, 0.25) is 5.02 Å². The van der Waals surface area contributed by atoms with Crippen molar-refractivity contribution >= 4 is 44.1 Å². The van der Waals surface area contributed by atoms with Crippen molar-refractivity contribution in [1.82, 2.24) is 4.57 Å². The van der Waals surface area contributed by atoms with Crippen LogP contribution in [0.3, 0.4) is 0 Å². The number of nitrogens with zero attached hydrogens (tertiary/aromatic N) is 1. The van der Waals surface area contributed by atoms with Gasteiger partial charge in [0.25, 0.3) is 5.56 Å². The van der Waals surface area contributed by atoms with E-state index >= 15 is 0 Å². The molecule has 3 aromatic carbocycles. The van der Waals surface area contributed by atoms with Gasteiger partial charge in [0.15, 0.2) is 9.84 Å². The van der Waals surface area contributed by atoms with E-state index in [0.717, 1.165) is 10.8 Å². The Morgan fingerprint density at radius 3 is 2.06 bits per heavy atom. The van der Waals surface area contributed by atoms with Crippen LogP contribution in [-0.4, -0.2) is 41.4 Å². The summed E-state index contributed by atoms with van der Waals surface area (Å²) in [7, 11) is -3.42. The van der Waals surface area contributed by atoms with E-state index < -0.39 is 27.3 Å². The predicted molar refractivity (Wildman–Crippen MR) is 131 cm³/mol. The number of pyridine rings is 1. The summed E-state index contributed by atoms with van der Waals surface area (Å²) >= 11 is 6.17. The van der Waals surface area contributed by atoms with Gasteiger partial charge in [-0.1, -0.05) is 35.9 Å². The lowest BCUT2D eigenvalue weighted by Crippen LogP contribution is -2.28. The Kier molecular flexibility index (Phi) is 6.23. The maximum absolute atomic E-state index is 13.4. The van der Waals surface area contributed by atoms with Crippen molar-refractivity contribution in [3.63, 3.8) is 0 Å². The number of aromatic carboxylic acids is 2. The van der Waals surface area contributed by atoms with Crippen molar-refractivity contribution in [2.75, 3.05) is 6.26 Å². The van der Waals surface area contributed by atoms with Gasteiger partial charge in [0.1, 0.15) is 5.69 Å². The second-order valence-corrected chi connectivity index (χ2v) is 10.4. The van der Waals surface area contributed by atoms with E-state index in [-0.39, 0.29) is 33.6 Å². The minimum atomic E-state index is -3.42. The minimum Gasteiger partial charge on any atom is -0.478 e. The van der Waals surface area contributed by atoms with Crippen molar-refractivity contribution in [3.05, 3.63) is 98.9 Å². The molecular weight excluding hydrogens is 494 g/mol. The molecule has 0 saturated carbocycles. The Morgan fingerprint density at radius 2 is 1.51 bits per heavy atom. The number of hydrogen-bond donors (Lipinski definition) is 2. The van der Waals surface area contributed by atoms with Crippen LogP contribution in [0.5, 0.6) is 0 Å². The summed E-state index contributed by atoms with van der Waals surface area (Å²) in [6.45, 7) is -0.136. The fourth-order valence-corrected chi connectivity index (χ4v) is 4.69. The number of rotatable bonds is 6. The lowest BCUT2D eigenvalue weighted by molar-refractivity contribution is 0.0678. The number of carboxylic acid groups (broad SMARTS) is 2. The van der Waals surface area contributed by atoms with Gasteiger partial charge in [0.2, 0.25) is 0 Å². The number of sulfone groups is 1. The highest BCUT2D eigenvalue weighted by Crippen LogP contribution is 2.33. The van der Waals surface area contributed by atoms with E-state index in [2.05, 4.69) is 0 Å². The molecule has 1 aromatic heterocycles. The lowest BCUT2D eigenvalue weighted by Gasteiger charge is -2.18. The fraction of sp³-hybridized carbons (Fsp3) is 0.0800. The zero-order chi connectivity index (χ0) is 25.5. The Morgan fingerprint density at radius 1 is 0.886 bits per heavy atom. The summed E-state index contributed by atoms with van der Waals surface area (Å²) in [6.07, 6.45) is 1.07. The Labute approximate surface area is 204 Å². The van der Waals surface area contributed by atoms with Crippen molar-refractivity contribution in [2.24, 2.45) is 0 Å². The molecule has 0 atom stereocenters. The van der Waals surface area contributed by atoms with Crippen LogP contribution in [0, 0.1) is 0 Å². The van der Waals surface area contributed by atoms with Crippen LogP contribution in [0.1, 0.15) is 26.4 Å². The summed E-state index contributed by atoms with van der Waals surface area (Å²) in [4.78, 5) is 37.3. The second kappa shape index (κ2) is 9.01. The monoisotopic (exact) mass is 511 g/mol. The first-order valence-electron chi connectivity index (χ1n) is 10.2. The molecular formula is C25H18ClNO7S. The molecule has 35 heavy (non-hydrogen) atoms. The Bertz CT molecular complexity index is 1660. The van der Waals surface area contributed by atoms with Gasteiger partial charge >= 0.3 is 11.9 Å². The first-order chi connectivity index (χ1) is 16.5. The fourth-order valence-electron chi connectivity index (χ4n) is 3.89. The highest BCUT2D eigenvalue weighted by atomic mass is 35.5. The molecule has 8 nitrogen and oxygen atoms in total. The molecule has 4 rings (SSSR count). The molecule has 178 valence electrons. The molecule has 0 fully saturated rings. The van der Waals surface area contributed by atoms with Crippen molar-refractivity contribution in [3.8, 4) is 11.1 Å². The maximum Gasteiger partial charge on any atom is 0.353 e. The third-order valence-corrected chi connectivity index (χ3v) is 6.91. The molecule has 0 radical (unpaired) electrons. The number of hydrogen-bond acceptors (Lipinski definition) is 5. The molecule has 0 bridgehead atoms. The van der Waals surface area contributed by atoms with Gasteiger partial charge in [-0.2, -0.15) is 0 Å². The number of fused-ring (bicyclic) bond motifs is 1. The highest BCUT2D eigenvalue weighted by Gasteiger charge is 2.24. The van der Waals surface area contributed by atoms with E-state index in [1.807, 2.05) is 0 Å². The molecule has 10 heteroatoms. The third kappa shape index (κ3) is 4.68. The number of carbonyl (C=O) groups is 2. The largest absolute Gasteiger partial charge is 0.478 e. The van der Waals surface area contributed by atoms with Gasteiger partial charge in [-0.25, -0.2) is 18.0 Å². The normalized spacial score (nSPS) is 11.5. The molecule has 4 aromatic rings. The average Bonchev–Trinajstić information content (AvgIpc) is 2.80.